The number of amides is 2. The van der Waals surface area contributed by atoms with Gasteiger partial charge in [-0.25, -0.2) is 4.79 Å². The van der Waals surface area contributed by atoms with Crippen molar-refractivity contribution in [2.24, 2.45) is 11.8 Å². The Kier molecular flexibility index (Phi) is 7.32. The van der Waals surface area contributed by atoms with E-state index in [4.69, 9.17) is 0 Å². The number of rotatable bonds is 8. The number of likely N-dealkylation sites (N-methyl/N-ethyl adjacent to an activating group) is 2. The molecule has 0 aliphatic carbocycles. The summed E-state index contributed by atoms with van der Waals surface area (Å²) < 4.78 is 0. The van der Waals surface area contributed by atoms with Crippen molar-refractivity contribution in [3.05, 3.63) is 0 Å². The van der Waals surface area contributed by atoms with Crippen LogP contribution in [0.5, 0.6) is 0 Å². The van der Waals surface area contributed by atoms with Gasteiger partial charge in [0.05, 0.1) is 0 Å². The number of piperidine rings is 3. The minimum Gasteiger partial charge on any atom is -0.337 e. The maximum atomic E-state index is 11.8. The average molecular weight is 340 g/mol. The molecule has 0 aromatic heterocycles. The van der Waals surface area contributed by atoms with Gasteiger partial charge in [-0.15, -0.1) is 0 Å². The number of carbonyl (C=O) groups is 1. The van der Waals surface area contributed by atoms with Crippen LogP contribution in [-0.4, -0.2) is 93.2 Å². The molecule has 24 heavy (non-hydrogen) atoms. The van der Waals surface area contributed by atoms with Gasteiger partial charge >= 0.3 is 6.03 Å². The first-order valence-electron chi connectivity index (χ1n) is 9.46. The maximum absolute atomic E-state index is 11.8. The molecule has 0 spiro atoms. The van der Waals surface area contributed by atoms with Crippen LogP contribution in [0, 0.1) is 11.8 Å². The molecule has 3 aliphatic rings. The SMILES string of the molecule is CC(C)NC(=O)NCC1CC2CCN1CC2CN(C)CCN(C)C. The molecular weight excluding hydrogens is 302 g/mol. The number of nitrogens with one attached hydrogen (secondary N) is 2. The number of carbonyl (C=O) groups excluding carboxylic acids is 1. The van der Waals surface area contributed by atoms with E-state index in [1.165, 1.54) is 32.5 Å². The Morgan fingerprint density at radius 2 is 2.00 bits per heavy atom. The summed E-state index contributed by atoms with van der Waals surface area (Å²) in [7, 11) is 6.51. The third-order valence-electron chi connectivity index (χ3n) is 5.41. The van der Waals surface area contributed by atoms with Crippen LogP contribution in [-0.2, 0) is 0 Å². The van der Waals surface area contributed by atoms with Gasteiger partial charge in [0.2, 0.25) is 0 Å². The molecule has 140 valence electrons. The molecule has 0 aromatic rings. The molecule has 4 unspecified atom stereocenters. The molecule has 2 bridgehead atoms. The van der Waals surface area contributed by atoms with Gasteiger partial charge < -0.3 is 20.4 Å². The quantitative estimate of drug-likeness (QED) is 0.690. The molecule has 0 radical (unpaired) electrons. The Balaban J connectivity index is 1.74. The molecule has 3 saturated heterocycles. The second kappa shape index (κ2) is 9.02. The van der Waals surface area contributed by atoms with E-state index in [1.54, 1.807) is 0 Å². The molecule has 6 heteroatoms. The van der Waals surface area contributed by atoms with Gasteiger partial charge in [0.25, 0.3) is 0 Å². The monoisotopic (exact) mass is 339 g/mol. The molecular formula is C18H37N5O. The van der Waals surface area contributed by atoms with Crippen molar-refractivity contribution in [2.75, 3.05) is 60.4 Å². The molecule has 2 amide bonds. The Hall–Kier alpha value is -0.850. The van der Waals surface area contributed by atoms with Gasteiger partial charge in [-0.3, -0.25) is 4.90 Å². The summed E-state index contributed by atoms with van der Waals surface area (Å²) in [5, 5.41) is 5.95. The summed E-state index contributed by atoms with van der Waals surface area (Å²) in [4.78, 5) is 19.1. The summed E-state index contributed by atoms with van der Waals surface area (Å²) >= 11 is 0. The summed E-state index contributed by atoms with van der Waals surface area (Å²) in [6.45, 7) is 10.6. The van der Waals surface area contributed by atoms with E-state index in [1.807, 2.05) is 13.8 Å². The van der Waals surface area contributed by atoms with Crippen LogP contribution in [0.25, 0.3) is 0 Å². The van der Waals surface area contributed by atoms with Crippen LogP contribution in [0.3, 0.4) is 0 Å². The highest BCUT2D eigenvalue weighted by atomic mass is 16.2. The number of hydrogen-bond donors (Lipinski definition) is 2. The van der Waals surface area contributed by atoms with Gasteiger partial charge in [-0.1, -0.05) is 0 Å². The summed E-state index contributed by atoms with van der Waals surface area (Å²) in [6.07, 6.45) is 2.55. The standard InChI is InChI=1S/C18H37N5O/c1-14(2)20-18(24)19-11-17-10-15-6-7-23(17)13-16(15)12-22(5)9-8-21(3)4/h14-17H,6-13H2,1-5H3,(H2,19,20,24). The Bertz CT molecular complexity index is 401. The van der Waals surface area contributed by atoms with E-state index in [2.05, 4.69) is 46.5 Å². The van der Waals surface area contributed by atoms with Gasteiger partial charge in [0.15, 0.2) is 0 Å². The zero-order valence-electron chi connectivity index (χ0n) is 16.2. The van der Waals surface area contributed by atoms with Gasteiger partial charge in [-0.2, -0.15) is 0 Å². The molecule has 0 aromatic carbocycles. The van der Waals surface area contributed by atoms with Crippen molar-refractivity contribution in [3.63, 3.8) is 0 Å². The lowest BCUT2D eigenvalue weighted by Gasteiger charge is -2.50. The lowest BCUT2D eigenvalue weighted by Crippen LogP contribution is -2.59. The fraction of sp³-hybridized carbons (Fsp3) is 0.944. The largest absolute Gasteiger partial charge is 0.337 e. The van der Waals surface area contributed by atoms with Crippen LogP contribution in [0.2, 0.25) is 0 Å². The molecule has 3 heterocycles. The van der Waals surface area contributed by atoms with Crippen molar-refractivity contribution >= 4 is 6.03 Å². The third kappa shape index (κ3) is 5.90. The van der Waals surface area contributed by atoms with Crippen molar-refractivity contribution < 1.29 is 4.79 Å². The van der Waals surface area contributed by atoms with E-state index in [-0.39, 0.29) is 12.1 Å². The molecule has 3 rings (SSSR count). The second-order valence-electron chi connectivity index (χ2n) is 8.27. The fourth-order valence-electron chi connectivity index (χ4n) is 4.05. The smallest absolute Gasteiger partial charge is 0.315 e. The van der Waals surface area contributed by atoms with Crippen molar-refractivity contribution in [2.45, 2.75) is 38.8 Å². The summed E-state index contributed by atoms with van der Waals surface area (Å²) in [5.74, 6) is 1.60. The third-order valence-corrected chi connectivity index (χ3v) is 5.41. The number of hydrogen-bond acceptors (Lipinski definition) is 4. The highest BCUT2D eigenvalue weighted by Gasteiger charge is 2.40. The second-order valence-corrected chi connectivity index (χ2v) is 8.27. The summed E-state index contributed by atoms with van der Waals surface area (Å²) in [5.41, 5.74) is 0. The Labute approximate surface area is 147 Å². The predicted octanol–water partition coefficient (Wildman–Crippen LogP) is 0.898. The van der Waals surface area contributed by atoms with Gasteiger partial charge in [0, 0.05) is 44.8 Å². The van der Waals surface area contributed by atoms with E-state index >= 15 is 0 Å². The van der Waals surface area contributed by atoms with Crippen molar-refractivity contribution in [3.8, 4) is 0 Å². The van der Waals surface area contributed by atoms with Crippen LogP contribution in [0.1, 0.15) is 26.7 Å². The van der Waals surface area contributed by atoms with Gasteiger partial charge in [0.1, 0.15) is 0 Å². The predicted molar refractivity (Wildman–Crippen MR) is 99.3 cm³/mol. The van der Waals surface area contributed by atoms with E-state index in [9.17, 15) is 4.79 Å². The molecule has 3 fully saturated rings. The fourth-order valence-corrected chi connectivity index (χ4v) is 4.05. The summed E-state index contributed by atoms with van der Waals surface area (Å²) in [6, 6.07) is 0.674. The maximum Gasteiger partial charge on any atom is 0.315 e. The van der Waals surface area contributed by atoms with Crippen molar-refractivity contribution in [1.82, 2.24) is 25.3 Å². The number of urea groups is 1. The Morgan fingerprint density at radius 1 is 1.25 bits per heavy atom. The first-order valence-corrected chi connectivity index (χ1v) is 9.46. The average Bonchev–Trinajstić information content (AvgIpc) is 2.51. The zero-order valence-corrected chi connectivity index (χ0v) is 16.2. The first kappa shape index (κ1) is 19.5. The normalized spacial score (nSPS) is 29.5. The molecule has 3 aliphatic heterocycles. The van der Waals surface area contributed by atoms with Crippen molar-refractivity contribution in [1.29, 1.82) is 0 Å². The molecule has 4 atom stereocenters. The minimum atomic E-state index is -0.0346. The minimum absolute atomic E-state index is 0.0346. The highest BCUT2D eigenvalue weighted by molar-refractivity contribution is 5.74. The molecule has 6 nitrogen and oxygen atoms in total. The number of nitrogens with zero attached hydrogens (tertiary/aromatic N) is 3. The number of fused-ring (bicyclic) bond motifs is 3. The van der Waals surface area contributed by atoms with E-state index in [0.717, 1.165) is 31.5 Å². The Morgan fingerprint density at radius 3 is 2.58 bits per heavy atom. The van der Waals surface area contributed by atoms with Crippen LogP contribution in [0.15, 0.2) is 0 Å². The van der Waals surface area contributed by atoms with Gasteiger partial charge in [-0.05, 0) is 66.2 Å². The zero-order chi connectivity index (χ0) is 17.7. The molecule has 2 N–H and O–H groups in total. The van der Waals surface area contributed by atoms with Crippen LogP contribution < -0.4 is 10.6 Å². The molecule has 0 saturated carbocycles. The van der Waals surface area contributed by atoms with E-state index in [0.29, 0.717) is 6.04 Å². The lowest BCUT2D eigenvalue weighted by molar-refractivity contribution is -0.00863. The van der Waals surface area contributed by atoms with E-state index < -0.39 is 0 Å². The van der Waals surface area contributed by atoms with Crippen LogP contribution >= 0.6 is 0 Å². The van der Waals surface area contributed by atoms with Crippen LogP contribution in [0.4, 0.5) is 4.79 Å². The topological polar surface area (TPSA) is 50.9 Å². The first-order chi connectivity index (χ1) is 11.3. The lowest BCUT2D eigenvalue weighted by atomic mass is 9.75. The highest BCUT2D eigenvalue weighted by Crippen LogP contribution is 2.36.